The lowest BCUT2D eigenvalue weighted by molar-refractivity contribution is -0.896. The van der Waals surface area contributed by atoms with E-state index < -0.39 is 0 Å². The number of quaternary nitrogens is 1. The second kappa shape index (κ2) is 6.18. The van der Waals surface area contributed by atoms with Crippen LogP contribution in [0.2, 0.25) is 0 Å². The number of piperidine rings is 1. The minimum atomic E-state index is 0.0296. The first kappa shape index (κ1) is 12.6. The van der Waals surface area contributed by atoms with Crippen LogP contribution in [0.5, 0.6) is 0 Å². The molecule has 2 N–H and O–H groups in total. The third-order valence-corrected chi connectivity index (χ3v) is 3.25. The molecule has 1 heterocycles. The average molecular weight is 244 g/mol. The van der Waals surface area contributed by atoms with Crippen LogP contribution in [-0.2, 0) is 4.79 Å². The zero-order valence-electron chi connectivity index (χ0n) is 10.4. The molecule has 1 aromatic carbocycles. The first-order valence-electron chi connectivity index (χ1n) is 6.41. The van der Waals surface area contributed by atoms with Crippen molar-refractivity contribution >= 4 is 11.6 Å². The summed E-state index contributed by atoms with van der Waals surface area (Å²) in [7, 11) is 0. The second-order valence-corrected chi connectivity index (χ2v) is 4.73. The van der Waals surface area contributed by atoms with Crippen molar-refractivity contribution in [2.75, 3.05) is 25.0 Å². The Kier molecular flexibility index (Phi) is 4.32. The Morgan fingerprint density at radius 3 is 2.83 bits per heavy atom. The highest BCUT2D eigenvalue weighted by atomic mass is 16.2. The van der Waals surface area contributed by atoms with Gasteiger partial charge in [-0.05, 0) is 37.5 Å². The quantitative estimate of drug-likeness (QED) is 0.816. The lowest BCUT2D eigenvalue weighted by Crippen LogP contribution is -3.13. The standard InChI is InChI=1S/C14H17N3O/c15-10-12-5-4-6-13(9-12)16-14(18)11-17-7-2-1-3-8-17/h4-6,9H,1-3,7-8,11H2,(H,16,18)/p+1. The van der Waals surface area contributed by atoms with Gasteiger partial charge in [0.1, 0.15) is 0 Å². The maximum Gasteiger partial charge on any atom is 0.279 e. The van der Waals surface area contributed by atoms with Crippen molar-refractivity contribution in [3.63, 3.8) is 0 Å². The molecule has 1 saturated heterocycles. The van der Waals surface area contributed by atoms with Crippen LogP contribution in [-0.4, -0.2) is 25.5 Å². The topological polar surface area (TPSA) is 57.3 Å². The molecular formula is C14H18N3O+. The number of rotatable bonds is 3. The van der Waals surface area contributed by atoms with Gasteiger partial charge in [0.05, 0.1) is 24.7 Å². The summed E-state index contributed by atoms with van der Waals surface area (Å²) in [6, 6.07) is 9.08. The Morgan fingerprint density at radius 1 is 1.33 bits per heavy atom. The molecule has 94 valence electrons. The van der Waals surface area contributed by atoms with E-state index in [1.165, 1.54) is 24.2 Å². The van der Waals surface area contributed by atoms with Crippen LogP contribution in [0.3, 0.4) is 0 Å². The van der Waals surface area contributed by atoms with Crippen molar-refractivity contribution < 1.29 is 9.69 Å². The second-order valence-electron chi connectivity index (χ2n) is 4.73. The number of likely N-dealkylation sites (tertiary alicyclic amines) is 1. The Hall–Kier alpha value is -1.86. The number of amides is 1. The molecule has 0 bridgehead atoms. The van der Waals surface area contributed by atoms with Crippen LogP contribution in [0.4, 0.5) is 5.69 Å². The van der Waals surface area contributed by atoms with Crippen LogP contribution in [0.25, 0.3) is 0 Å². The van der Waals surface area contributed by atoms with E-state index in [4.69, 9.17) is 5.26 Å². The fourth-order valence-corrected chi connectivity index (χ4v) is 2.33. The van der Waals surface area contributed by atoms with Gasteiger partial charge in [0.2, 0.25) is 0 Å². The third-order valence-electron chi connectivity index (χ3n) is 3.25. The molecule has 2 rings (SSSR count). The van der Waals surface area contributed by atoms with Gasteiger partial charge in [-0.15, -0.1) is 0 Å². The van der Waals surface area contributed by atoms with Crippen molar-refractivity contribution in [2.24, 2.45) is 0 Å². The number of hydrogen-bond donors (Lipinski definition) is 2. The smallest absolute Gasteiger partial charge is 0.279 e. The summed E-state index contributed by atoms with van der Waals surface area (Å²) >= 11 is 0. The molecule has 1 aliphatic rings. The summed E-state index contributed by atoms with van der Waals surface area (Å²) in [5, 5.41) is 11.6. The van der Waals surface area contributed by atoms with E-state index in [1.807, 2.05) is 6.07 Å². The van der Waals surface area contributed by atoms with E-state index in [0.29, 0.717) is 17.8 Å². The first-order chi connectivity index (χ1) is 8.78. The molecule has 0 saturated carbocycles. The van der Waals surface area contributed by atoms with Crippen LogP contribution < -0.4 is 10.2 Å². The third kappa shape index (κ3) is 3.57. The Morgan fingerprint density at radius 2 is 2.11 bits per heavy atom. The zero-order valence-corrected chi connectivity index (χ0v) is 10.4. The number of anilines is 1. The Balaban J connectivity index is 1.88. The Labute approximate surface area is 107 Å². The highest BCUT2D eigenvalue weighted by molar-refractivity contribution is 5.91. The number of nitriles is 1. The highest BCUT2D eigenvalue weighted by Crippen LogP contribution is 2.09. The van der Waals surface area contributed by atoms with Crippen LogP contribution in [0.15, 0.2) is 24.3 Å². The van der Waals surface area contributed by atoms with Crippen LogP contribution in [0.1, 0.15) is 24.8 Å². The van der Waals surface area contributed by atoms with E-state index in [2.05, 4.69) is 11.4 Å². The molecule has 0 radical (unpaired) electrons. The number of benzene rings is 1. The summed E-state index contributed by atoms with van der Waals surface area (Å²) in [5.41, 5.74) is 1.27. The molecule has 1 amide bonds. The van der Waals surface area contributed by atoms with E-state index >= 15 is 0 Å². The van der Waals surface area contributed by atoms with Crippen molar-refractivity contribution in [2.45, 2.75) is 19.3 Å². The van der Waals surface area contributed by atoms with Gasteiger partial charge in [-0.1, -0.05) is 6.07 Å². The number of nitrogens with one attached hydrogen (secondary N) is 2. The SMILES string of the molecule is N#Cc1cccc(NC(=O)C[NH+]2CCCCC2)c1. The largest absolute Gasteiger partial charge is 0.327 e. The van der Waals surface area contributed by atoms with E-state index in [0.717, 1.165) is 13.1 Å². The lowest BCUT2D eigenvalue weighted by Gasteiger charge is -2.22. The molecule has 4 heteroatoms. The summed E-state index contributed by atoms with van der Waals surface area (Å²) < 4.78 is 0. The fourth-order valence-electron chi connectivity index (χ4n) is 2.33. The molecule has 1 aromatic rings. The van der Waals surface area contributed by atoms with Crippen molar-refractivity contribution in [1.29, 1.82) is 5.26 Å². The van der Waals surface area contributed by atoms with Gasteiger partial charge in [0, 0.05) is 5.69 Å². The van der Waals surface area contributed by atoms with Gasteiger partial charge in [-0.25, -0.2) is 0 Å². The predicted octanol–water partition coefficient (Wildman–Crippen LogP) is 0.566. The lowest BCUT2D eigenvalue weighted by atomic mass is 10.1. The van der Waals surface area contributed by atoms with E-state index in [9.17, 15) is 4.79 Å². The molecule has 1 fully saturated rings. The van der Waals surface area contributed by atoms with Gasteiger partial charge < -0.3 is 10.2 Å². The van der Waals surface area contributed by atoms with Crippen molar-refractivity contribution in [1.82, 2.24) is 0 Å². The molecule has 1 aliphatic heterocycles. The summed E-state index contributed by atoms with van der Waals surface area (Å²) in [6.07, 6.45) is 3.72. The van der Waals surface area contributed by atoms with E-state index in [1.54, 1.807) is 18.2 Å². The molecule has 0 unspecified atom stereocenters. The van der Waals surface area contributed by atoms with E-state index in [-0.39, 0.29) is 5.91 Å². The van der Waals surface area contributed by atoms with Gasteiger partial charge in [0.15, 0.2) is 6.54 Å². The molecular weight excluding hydrogens is 226 g/mol. The molecule has 18 heavy (non-hydrogen) atoms. The molecule has 0 spiro atoms. The number of carbonyl (C=O) groups excluding carboxylic acids is 1. The van der Waals surface area contributed by atoms with Gasteiger partial charge in [0.25, 0.3) is 5.91 Å². The highest BCUT2D eigenvalue weighted by Gasteiger charge is 2.17. The molecule has 0 aliphatic carbocycles. The number of carbonyl (C=O) groups is 1. The maximum atomic E-state index is 11.9. The minimum absolute atomic E-state index is 0.0296. The number of hydrogen-bond acceptors (Lipinski definition) is 2. The molecule has 0 atom stereocenters. The average Bonchev–Trinajstić information content (AvgIpc) is 2.40. The normalized spacial score (nSPS) is 15.9. The maximum absolute atomic E-state index is 11.9. The van der Waals surface area contributed by atoms with Crippen molar-refractivity contribution in [3.05, 3.63) is 29.8 Å². The number of nitrogens with zero attached hydrogens (tertiary/aromatic N) is 1. The molecule has 4 nitrogen and oxygen atoms in total. The summed E-state index contributed by atoms with van der Waals surface area (Å²) in [6.45, 7) is 2.70. The van der Waals surface area contributed by atoms with Crippen LogP contribution >= 0.6 is 0 Å². The first-order valence-corrected chi connectivity index (χ1v) is 6.41. The van der Waals surface area contributed by atoms with Gasteiger partial charge in [-0.2, -0.15) is 5.26 Å². The predicted molar refractivity (Wildman–Crippen MR) is 69.2 cm³/mol. The minimum Gasteiger partial charge on any atom is -0.327 e. The summed E-state index contributed by atoms with van der Waals surface area (Å²) in [5.74, 6) is 0.0296. The zero-order chi connectivity index (χ0) is 12.8. The van der Waals surface area contributed by atoms with Gasteiger partial charge in [-0.3, -0.25) is 4.79 Å². The van der Waals surface area contributed by atoms with Gasteiger partial charge >= 0.3 is 0 Å². The fraction of sp³-hybridized carbons (Fsp3) is 0.429. The molecule has 0 aromatic heterocycles. The van der Waals surface area contributed by atoms with Crippen LogP contribution in [0, 0.1) is 11.3 Å². The Bertz CT molecular complexity index is 458. The summed E-state index contributed by atoms with van der Waals surface area (Å²) in [4.78, 5) is 13.2. The monoisotopic (exact) mass is 244 g/mol. The van der Waals surface area contributed by atoms with Crippen molar-refractivity contribution in [3.8, 4) is 6.07 Å².